The Morgan fingerprint density at radius 3 is 1.27 bits per heavy atom. The summed E-state index contributed by atoms with van der Waals surface area (Å²) in [6.45, 7) is 6.20. The van der Waals surface area contributed by atoms with E-state index in [4.69, 9.17) is 11.1 Å². The minimum absolute atomic E-state index is 0.258. The minimum Gasteiger partial charge on any atom is -0.362 e. The summed E-state index contributed by atoms with van der Waals surface area (Å²) in [7, 11) is -8.94. The van der Waals surface area contributed by atoms with E-state index in [9.17, 15) is 16.8 Å². The molecule has 26 heavy (non-hydrogen) atoms. The lowest BCUT2D eigenvalue weighted by Crippen LogP contribution is -2.26. The molecule has 0 aliphatic rings. The Labute approximate surface area is 151 Å². The summed E-state index contributed by atoms with van der Waals surface area (Å²) in [4.78, 5) is 4.30. The minimum atomic E-state index is -4.47. The summed E-state index contributed by atoms with van der Waals surface area (Å²) < 4.78 is 48.7. The zero-order valence-electron chi connectivity index (χ0n) is 14.1. The molecule has 0 aliphatic carbocycles. The quantitative estimate of drug-likeness (QED) is 0.334. The second kappa shape index (κ2) is 8.46. The van der Waals surface area contributed by atoms with E-state index in [1.54, 1.807) is 13.8 Å². The summed E-state index contributed by atoms with van der Waals surface area (Å²) in [6, 6.07) is 11.2. The van der Waals surface area contributed by atoms with E-state index in [1.807, 2.05) is 0 Å². The molecular weight excluding hydrogens is 376 g/mol. The molecule has 8 nitrogen and oxygen atoms in total. The van der Waals surface area contributed by atoms with Crippen molar-refractivity contribution in [1.82, 2.24) is 0 Å². The normalized spacial score (nSPS) is 10.7. The van der Waals surface area contributed by atoms with Crippen LogP contribution in [0.2, 0.25) is 0 Å². The Morgan fingerprint density at radius 1 is 0.769 bits per heavy atom. The third kappa shape index (κ3) is 4.59. The van der Waals surface area contributed by atoms with Crippen molar-refractivity contribution in [2.75, 3.05) is 0 Å². The van der Waals surface area contributed by atoms with Gasteiger partial charge in [0.1, 0.15) is 0 Å². The largest absolute Gasteiger partial charge is 0.504 e. The number of nitrogens with zero attached hydrogens (tertiary/aromatic N) is 4. The van der Waals surface area contributed by atoms with Crippen LogP contribution in [0.5, 0.6) is 0 Å². The maximum atomic E-state index is 12.5. The maximum Gasteiger partial charge on any atom is 0.504 e. The van der Waals surface area contributed by atoms with Crippen molar-refractivity contribution in [3.63, 3.8) is 0 Å². The van der Waals surface area contributed by atoms with Crippen molar-refractivity contribution in [3.8, 4) is 0 Å². The van der Waals surface area contributed by atoms with E-state index in [0.29, 0.717) is 0 Å². The van der Waals surface area contributed by atoms with Crippen molar-refractivity contribution < 1.29 is 26.4 Å². The predicted octanol–water partition coefficient (Wildman–Crippen LogP) is 2.05. The van der Waals surface area contributed by atoms with E-state index in [2.05, 4.69) is 16.3 Å². The van der Waals surface area contributed by atoms with Crippen LogP contribution in [-0.4, -0.2) is 37.5 Å². The molecule has 0 bridgehead atoms. The number of benzene rings is 2. The lowest BCUT2D eigenvalue weighted by Gasteiger charge is -2.03. The lowest BCUT2D eigenvalue weighted by atomic mass is 10.2. The molecule has 2 rings (SSSR count). The highest BCUT2D eigenvalue weighted by Crippen LogP contribution is 2.21. The maximum absolute atomic E-state index is 12.5. The van der Waals surface area contributed by atoms with Crippen LogP contribution in [-0.2, 0) is 19.7 Å². The molecule has 0 atom stereocenters. The Morgan fingerprint density at radius 2 is 1.04 bits per heavy atom. The molecule has 0 fully saturated rings. The average molecular weight is 392 g/mol. The van der Waals surface area contributed by atoms with Crippen LogP contribution in [0.25, 0.3) is 11.1 Å². The van der Waals surface area contributed by atoms with Gasteiger partial charge < -0.3 is 11.1 Å². The lowest BCUT2D eigenvalue weighted by molar-refractivity contribution is 0.00378. The first-order chi connectivity index (χ1) is 12.1. The summed E-state index contributed by atoms with van der Waals surface area (Å²) in [6.07, 6.45) is 0. The molecular formula is C16H16N4O4S2. The summed E-state index contributed by atoms with van der Waals surface area (Å²) in [5, 5.41) is 0. The van der Waals surface area contributed by atoms with E-state index in [1.165, 1.54) is 48.5 Å². The van der Waals surface area contributed by atoms with E-state index >= 15 is 0 Å². The predicted molar refractivity (Wildman–Crippen MR) is 96.1 cm³/mol. The van der Waals surface area contributed by atoms with Gasteiger partial charge in [-0.3, -0.25) is 0 Å². The second-order valence-electron chi connectivity index (χ2n) is 5.14. The zero-order chi connectivity index (χ0) is 20.0. The van der Waals surface area contributed by atoms with Crippen LogP contribution in [0.15, 0.2) is 58.3 Å². The van der Waals surface area contributed by atoms with Crippen molar-refractivity contribution in [2.45, 2.75) is 23.6 Å². The first-order valence-electron chi connectivity index (χ1n) is 7.07. The molecule has 0 saturated heterocycles. The molecule has 2 aromatic carbocycles. The third-order valence-corrected chi connectivity index (χ3v) is 7.39. The molecule has 0 spiro atoms. The van der Waals surface area contributed by atoms with Crippen molar-refractivity contribution >= 4 is 30.8 Å². The van der Waals surface area contributed by atoms with Crippen LogP contribution in [0, 0.1) is 13.8 Å². The van der Waals surface area contributed by atoms with Crippen LogP contribution in [0.4, 0.5) is 0 Å². The summed E-state index contributed by atoms with van der Waals surface area (Å²) in [5.74, 6) is 0. The molecule has 0 heterocycles. The molecule has 0 aliphatic heterocycles. The van der Waals surface area contributed by atoms with E-state index in [-0.39, 0.29) is 9.79 Å². The Kier molecular flexibility index (Phi) is 6.88. The van der Waals surface area contributed by atoms with Gasteiger partial charge in [-0.1, -0.05) is 35.4 Å². The Hall–Kier alpha value is -2.90. The fourth-order valence-corrected chi connectivity index (χ4v) is 5.23. The highest BCUT2D eigenvalue weighted by Gasteiger charge is 2.43. The second-order valence-corrected chi connectivity index (χ2v) is 9.13. The van der Waals surface area contributed by atoms with Gasteiger partial charge in [-0.05, 0) is 38.1 Å². The SMILES string of the molecule is C=[N+]=[N-].Cc1ccc(S(=O)(=O)C(=[N+]=[N-])S(=O)(=O)c2ccc(C)cc2)cc1. The van der Waals surface area contributed by atoms with Crippen molar-refractivity contribution in [3.05, 3.63) is 70.7 Å². The Balaban J connectivity index is 0.00000105. The highest BCUT2D eigenvalue weighted by molar-refractivity contribution is 8.31. The molecule has 0 radical (unpaired) electrons. The van der Waals surface area contributed by atoms with Gasteiger partial charge in [-0.25, -0.2) is 16.8 Å². The van der Waals surface area contributed by atoms with Gasteiger partial charge >= 0.3 is 4.38 Å². The number of rotatable bonds is 2. The number of hydrogen-bond acceptors (Lipinski definition) is 4. The molecule has 0 aromatic heterocycles. The fourth-order valence-electron chi connectivity index (χ4n) is 1.89. The smallest absolute Gasteiger partial charge is 0.362 e. The third-order valence-electron chi connectivity index (χ3n) is 3.20. The first kappa shape index (κ1) is 21.1. The molecule has 0 amide bonds. The molecule has 0 N–H and O–H groups in total. The van der Waals surface area contributed by atoms with Gasteiger partial charge in [0.15, 0.2) is 0 Å². The van der Waals surface area contributed by atoms with Gasteiger partial charge in [-0.2, -0.15) is 4.79 Å². The van der Waals surface area contributed by atoms with Gasteiger partial charge in [0.25, 0.3) is 19.7 Å². The van der Waals surface area contributed by atoms with Crippen LogP contribution >= 0.6 is 0 Å². The topological polar surface area (TPSA) is 141 Å². The summed E-state index contributed by atoms with van der Waals surface area (Å²) in [5.41, 5.74) is 17.8. The van der Waals surface area contributed by atoms with Gasteiger partial charge in [0.2, 0.25) is 6.72 Å². The van der Waals surface area contributed by atoms with E-state index < -0.39 is 24.1 Å². The van der Waals surface area contributed by atoms with E-state index in [0.717, 1.165) is 11.1 Å². The van der Waals surface area contributed by atoms with Crippen LogP contribution in [0.3, 0.4) is 0 Å². The average Bonchev–Trinajstić information content (AvgIpc) is 2.56. The molecule has 10 heteroatoms. The number of aryl methyl sites for hydroxylation is 2. The van der Waals surface area contributed by atoms with Crippen molar-refractivity contribution in [2.24, 2.45) is 0 Å². The van der Waals surface area contributed by atoms with Gasteiger partial charge in [-0.15, -0.1) is 4.79 Å². The number of sulfone groups is 2. The monoisotopic (exact) mass is 392 g/mol. The Bertz CT molecular complexity index is 998. The number of hydrogen-bond donors (Lipinski definition) is 0. The molecule has 0 saturated carbocycles. The molecule has 2 aromatic rings. The van der Waals surface area contributed by atoms with Gasteiger partial charge in [0.05, 0.1) is 9.79 Å². The van der Waals surface area contributed by atoms with Crippen molar-refractivity contribution in [1.29, 1.82) is 0 Å². The summed E-state index contributed by atoms with van der Waals surface area (Å²) >= 11 is 0. The fraction of sp³-hybridized carbons (Fsp3) is 0.125. The first-order valence-corrected chi connectivity index (χ1v) is 10.0. The van der Waals surface area contributed by atoms with Crippen LogP contribution in [0.1, 0.15) is 11.1 Å². The molecule has 0 unspecified atom stereocenters. The molecule has 136 valence electrons. The van der Waals surface area contributed by atoms with Crippen LogP contribution < -0.4 is 0 Å². The zero-order valence-corrected chi connectivity index (χ0v) is 15.7. The highest BCUT2D eigenvalue weighted by atomic mass is 32.3. The van der Waals surface area contributed by atoms with Gasteiger partial charge in [0, 0.05) is 0 Å². The standard InChI is InChI=1S/C15H14N2O4S2.CH2N2/c1-11-3-7-13(8-4-11)22(18,19)15(17-16)23(20,21)14-9-5-12(2)6-10-14;1-3-2/h3-10H,1-2H3;1H2.